The first-order chi connectivity index (χ1) is 8.22. The number of imidazole rings is 1. The molecular weight excluding hydrogens is 376 g/mol. The van der Waals surface area contributed by atoms with Crippen molar-refractivity contribution in [3.63, 3.8) is 0 Å². The Morgan fingerprint density at radius 3 is 2.39 bits per heavy atom. The largest absolute Gasteiger partial charge is 0.374 e. The molecule has 1 aromatic heterocycles. The average Bonchev–Trinajstić information content (AvgIpc) is 2.48. The van der Waals surface area contributed by atoms with Gasteiger partial charge in [-0.25, -0.2) is 4.98 Å². The molecule has 0 saturated carbocycles. The minimum absolute atomic E-state index is 0.369. The monoisotopic (exact) mass is 396 g/mol. The Kier molecular flexibility index (Phi) is 6.08. The maximum atomic E-state index is 5.76. The summed E-state index contributed by atoms with van der Waals surface area (Å²) in [6.07, 6.45) is 0. The molecule has 0 fully saturated rings. The fraction of sp³-hybridized carbons (Fsp3) is 0.750. The predicted octanol–water partition coefficient (Wildman–Crippen LogP) is 4.84. The number of hydrogen-bond donors (Lipinski definition) is 0. The van der Waals surface area contributed by atoms with E-state index in [1.807, 2.05) is 0 Å². The van der Waals surface area contributed by atoms with Crippen molar-refractivity contribution in [3.05, 3.63) is 15.0 Å². The lowest BCUT2D eigenvalue weighted by Crippen LogP contribution is -2.21. The van der Waals surface area contributed by atoms with Crippen molar-refractivity contribution in [2.75, 3.05) is 6.61 Å². The minimum Gasteiger partial charge on any atom is -0.374 e. The fourth-order valence-electron chi connectivity index (χ4n) is 1.59. The van der Waals surface area contributed by atoms with Gasteiger partial charge in [-0.15, -0.1) is 0 Å². The molecule has 1 aromatic rings. The third-order valence-electron chi connectivity index (χ3n) is 2.63. The van der Waals surface area contributed by atoms with Crippen molar-refractivity contribution in [2.24, 2.45) is 0 Å². The van der Waals surface area contributed by atoms with E-state index in [0.717, 1.165) is 21.6 Å². The summed E-state index contributed by atoms with van der Waals surface area (Å²) in [5, 5.41) is 0. The van der Waals surface area contributed by atoms with Crippen LogP contribution in [0.1, 0.15) is 25.7 Å². The summed E-state index contributed by atoms with van der Waals surface area (Å²) in [7, 11) is -1.01. The van der Waals surface area contributed by atoms with Crippen LogP contribution in [0.25, 0.3) is 0 Å². The van der Waals surface area contributed by atoms with Gasteiger partial charge in [-0.1, -0.05) is 19.6 Å². The molecule has 0 atom stereocenters. The van der Waals surface area contributed by atoms with E-state index in [1.54, 1.807) is 0 Å². The van der Waals surface area contributed by atoms with E-state index in [9.17, 15) is 0 Å². The Morgan fingerprint density at radius 1 is 1.28 bits per heavy atom. The predicted molar refractivity (Wildman–Crippen MR) is 85.8 cm³/mol. The van der Waals surface area contributed by atoms with Crippen molar-refractivity contribution < 1.29 is 4.74 Å². The zero-order valence-electron chi connectivity index (χ0n) is 11.8. The maximum absolute atomic E-state index is 5.76. The van der Waals surface area contributed by atoms with Crippen LogP contribution in [0, 0.1) is 0 Å². The van der Waals surface area contributed by atoms with Crippen LogP contribution < -0.4 is 0 Å². The molecule has 18 heavy (non-hydrogen) atoms. The second-order valence-corrected chi connectivity index (χ2v) is 13.1. The van der Waals surface area contributed by atoms with Gasteiger partial charge in [0.25, 0.3) is 0 Å². The summed E-state index contributed by atoms with van der Waals surface area (Å²) in [6, 6.07) is 1.56. The zero-order chi connectivity index (χ0) is 13.9. The number of rotatable bonds is 6. The molecule has 0 aliphatic heterocycles. The molecule has 1 heterocycles. The quantitative estimate of drug-likeness (QED) is 0.507. The molecule has 0 spiro atoms. The van der Waals surface area contributed by atoms with Crippen LogP contribution >= 0.6 is 31.9 Å². The first-order valence-electron chi connectivity index (χ1n) is 6.22. The van der Waals surface area contributed by atoms with E-state index in [0.29, 0.717) is 12.6 Å². The molecule has 0 radical (unpaired) electrons. The second kappa shape index (κ2) is 6.68. The summed E-state index contributed by atoms with van der Waals surface area (Å²) >= 11 is 7.00. The summed E-state index contributed by atoms with van der Waals surface area (Å²) < 4.78 is 9.75. The van der Waals surface area contributed by atoms with E-state index < -0.39 is 8.07 Å². The van der Waals surface area contributed by atoms with Gasteiger partial charge in [-0.2, -0.15) is 0 Å². The lowest BCUT2D eigenvalue weighted by atomic mass is 10.4. The molecule has 3 nitrogen and oxygen atoms in total. The van der Waals surface area contributed by atoms with Crippen LogP contribution in [0.2, 0.25) is 25.7 Å². The van der Waals surface area contributed by atoms with E-state index in [1.165, 1.54) is 6.04 Å². The molecule has 0 amide bonds. The van der Waals surface area contributed by atoms with Crippen LogP contribution in [0.15, 0.2) is 9.21 Å². The van der Waals surface area contributed by atoms with Crippen molar-refractivity contribution in [2.45, 2.75) is 52.2 Å². The zero-order valence-corrected chi connectivity index (χ0v) is 15.9. The van der Waals surface area contributed by atoms with Crippen LogP contribution in [0.5, 0.6) is 0 Å². The first-order valence-corrected chi connectivity index (χ1v) is 11.5. The van der Waals surface area contributed by atoms with Gasteiger partial charge in [-0.05, 0) is 51.8 Å². The Bertz CT molecular complexity index is 400. The van der Waals surface area contributed by atoms with Gasteiger partial charge in [0.1, 0.15) is 21.6 Å². The highest BCUT2D eigenvalue weighted by atomic mass is 79.9. The van der Waals surface area contributed by atoms with Gasteiger partial charge in [0, 0.05) is 20.7 Å². The fourth-order valence-corrected chi connectivity index (χ4v) is 3.45. The van der Waals surface area contributed by atoms with E-state index in [-0.39, 0.29) is 0 Å². The second-order valence-electron chi connectivity index (χ2n) is 5.94. The molecule has 0 saturated heterocycles. The van der Waals surface area contributed by atoms with E-state index in [2.05, 4.69) is 74.9 Å². The molecule has 0 bridgehead atoms. The maximum Gasteiger partial charge on any atom is 0.139 e. The molecule has 0 N–H and O–H groups in total. The molecule has 104 valence electrons. The molecule has 0 unspecified atom stereocenters. The van der Waals surface area contributed by atoms with Gasteiger partial charge in [0.15, 0.2) is 0 Å². The van der Waals surface area contributed by atoms with Crippen LogP contribution in [-0.4, -0.2) is 24.2 Å². The van der Waals surface area contributed by atoms with Gasteiger partial charge < -0.3 is 9.30 Å². The van der Waals surface area contributed by atoms with E-state index in [4.69, 9.17) is 4.74 Å². The topological polar surface area (TPSA) is 27.1 Å². The Labute approximate surface area is 128 Å². The summed E-state index contributed by atoms with van der Waals surface area (Å²) in [4.78, 5) is 4.48. The van der Waals surface area contributed by atoms with Gasteiger partial charge >= 0.3 is 0 Å². The highest BCUT2D eigenvalue weighted by Crippen LogP contribution is 2.27. The van der Waals surface area contributed by atoms with E-state index >= 15 is 0 Å². The van der Waals surface area contributed by atoms with Crippen LogP contribution in [0.4, 0.5) is 0 Å². The third kappa shape index (κ3) is 4.79. The molecule has 0 aliphatic rings. The number of halogens is 2. The molecular formula is C12H22Br2N2OSi. The minimum atomic E-state index is -1.01. The highest BCUT2D eigenvalue weighted by Gasteiger charge is 2.16. The SMILES string of the molecule is CC(C)n1c(COCC[Si](C)(C)C)nc(Br)c1Br. The number of nitrogens with zero attached hydrogens (tertiary/aromatic N) is 2. The molecule has 0 aromatic carbocycles. The number of ether oxygens (including phenoxy) is 1. The van der Waals surface area contributed by atoms with Crippen molar-refractivity contribution in [1.82, 2.24) is 9.55 Å². The Morgan fingerprint density at radius 2 is 1.89 bits per heavy atom. The van der Waals surface area contributed by atoms with Crippen LogP contribution in [0.3, 0.4) is 0 Å². The summed E-state index contributed by atoms with van der Waals surface area (Å²) in [6.45, 7) is 12.8. The normalized spacial score (nSPS) is 12.4. The van der Waals surface area contributed by atoms with Crippen molar-refractivity contribution in [1.29, 1.82) is 0 Å². The van der Waals surface area contributed by atoms with Crippen LogP contribution in [-0.2, 0) is 11.3 Å². The lowest BCUT2D eigenvalue weighted by Gasteiger charge is -2.16. The Balaban J connectivity index is 2.60. The molecule has 6 heteroatoms. The standard InChI is InChI=1S/C12H22Br2N2OSi/c1-9(2)16-10(15-11(13)12(16)14)8-17-6-7-18(3,4)5/h9H,6-8H2,1-5H3. The summed E-state index contributed by atoms with van der Waals surface area (Å²) in [5.74, 6) is 0.972. The number of aromatic nitrogens is 2. The molecule has 1 rings (SSSR count). The van der Waals surface area contributed by atoms with Crippen molar-refractivity contribution in [3.8, 4) is 0 Å². The average molecular weight is 398 g/mol. The van der Waals surface area contributed by atoms with Gasteiger partial charge in [-0.3, -0.25) is 0 Å². The number of hydrogen-bond acceptors (Lipinski definition) is 2. The first kappa shape index (κ1) is 16.4. The Hall–Kier alpha value is 0.347. The summed E-state index contributed by atoms with van der Waals surface area (Å²) in [5.41, 5.74) is 0. The lowest BCUT2D eigenvalue weighted by molar-refractivity contribution is 0.124. The highest BCUT2D eigenvalue weighted by molar-refractivity contribution is 9.13. The third-order valence-corrected chi connectivity index (χ3v) is 6.18. The molecule has 0 aliphatic carbocycles. The van der Waals surface area contributed by atoms with Gasteiger partial charge in [0.05, 0.1) is 0 Å². The smallest absolute Gasteiger partial charge is 0.139 e. The van der Waals surface area contributed by atoms with Crippen molar-refractivity contribution >= 4 is 39.9 Å². The van der Waals surface area contributed by atoms with Gasteiger partial charge in [0.2, 0.25) is 0 Å².